The molecule has 0 radical (unpaired) electrons. The van der Waals surface area contributed by atoms with Crippen LogP contribution in [0.5, 0.6) is 0 Å². The fourth-order valence-electron chi connectivity index (χ4n) is 2.75. The standard InChI is InChI=1S/C15H14N4O3S/c20-23(21,14-10-16-13-7-4-8-19(13)14)18-12-9-17-22-15(12)11-5-2-1-3-6-11/h1-3,5-6,9-10,18H,4,7-8H2. The van der Waals surface area contributed by atoms with Crippen molar-refractivity contribution < 1.29 is 12.9 Å². The van der Waals surface area contributed by atoms with Gasteiger partial charge in [-0.05, 0) is 6.42 Å². The minimum absolute atomic E-state index is 0.171. The van der Waals surface area contributed by atoms with Crippen LogP contribution in [-0.4, -0.2) is 23.1 Å². The number of nitrogens with one attached hydrogen (secondary N) is 1. The van der Waals surface area contributed by atoms with Gasteiger partial charge in [-0.1, -0.05) is 35.5 Å². The molecule has 2 aromatic heterocycles. The van der Waals surface area contributed by atoms with E-state index in [0.717, 1.165) is 24.2 Å². The monoisotopic (exact) mass is 330 g/mol. The minimum atomic E-state index is -3.75. The van der Waals surface area contributed by atoms with Crippen molar-refractivity contribution in [1.29, 1.82) is 0 Å². The summed E-state index contributed by atoms with van der Waals surface area (Å²) in [6.07, 6.45) is 4.47. The minimum Gasteiger partial charge on any atom is -0.354 e. The lowest BCUT2D eigenvalue weighted by Crippen LogP contribution is -2.17. The van der Waals surface area contributed by atoms with E-state index in [-0.39, 0.29) is 5.03 Å². The highest BCUT2D eigenvalue weighted by molar-refractivity contribution is 7.92. The molecule has 1 aliphatic heterocycles. The molecule has 1 aliphatic rings. The Kier molecular flexibility index (Phi) is 3.19. The first-order valence-electron chi connectivity index (χ1n) is 7.22. The summed E-state index contributed by atoms with van der Waals surface area (Å²) < 4.78 is 34.8. The van der Waals surface area contributed by atoms with Crippen LogP contribution in [0.25, 0.3) is 11.3 Å². The molecule has 0 saturated heterocycles. The van der Waals surface area contributed by atoms with Gasteiger partial charge in [0.25, 0.3) is 10.0 Å². The molecule has 3 heterocycles. The maximum absolute atomic E-state index is 12.7. The molecule has 118 valence electrons. The number of benzene rings is 1. The number of fused-ring (bicyclic) bond motifs is 1. The predicted octanol–water partition coefficient (Wildman–Crippen LogP) is 2.29. The van der Waals surface area contributed by atoms with E-state index in [1.54, 1.807) is 4.57 Å². The summed E-state index contributed by atoms with van der Waals surface area (Å²) in [7, 11) is -3.75. The van der Waals surface area contributed by atoms with Gasteiger partial charge < -0.3 is 9.09 Å². The van der Waals surface area contributed by atoms with Gasteiger partial charge in [-0.3, -0.25) is 4.72 Å². The highest BCUT2D eigenvalue weighted by atomic mass is 32.2. The zero-order valence-electron chi connectivity index (χ0n) is 12.1. The Morgan fingerprint density at radius 1 is 1.17 bits per heavy atom. The first-order valence-corrected chi connectivity index (χ1v) is 8.71. The van der Waals surface area contributed by atoms with Crippen molar-refractivity contribution in [3.8, 4) is 11.3 Å². The van der Waals surface area contributed by atoms with Crippen LogP contribution in [0.1, 0.15) is 12.2 Å². The van der Waals surface area contributed by atoms with Gasteiger partial charge in [0.05, 0.1) is 12.4 Å². The molecule has 3 aromatic rings. The molecular weight excluding hydrogens is 316 g/mol. The molecule has 0 atom stereocenters. The van der Waals surface area contributed by atoms with Gasteiger partial charge >= 0.3 is 0 Å². The van der Waals surface area contributed by atoms with Crippen LogP contribution < -0.4 is 4.72 Å². The second-order valence-electron chi connectivity index (χ2n) is 5.31. The number of imidazole rings is 1. The molecule has 23 heavy (non-hydrogen) atoms. The molecule has 7 nitrogen and oxygen atoms in total. The molecule has 0 fully saturated rings. The van der Waals surface area contributed by atoms with E-state index in [1.165, 1.54) is 12.4 Å². The summed E-state index contributed by atoms with van der Waals surface area (Å²) in [4.78, 5) is 4.18. The third-order valence-corrected chi connectivity index (χ3v) is 5.17. The predicted molar refractivity (Wildman–Crippen MR) is 83.3 cm³/mol. The fraction of sp³-hybridized carbons (Fsp3) is 0.200. The molecule has 0 saturated carbocycles. The van der Waals surface area contributed by atoms with Gasteiger partial charge in [0.2, 0.25) is 0 Å². The van der Waals surface area contributed by atoms with Gasteiger partial charge in [-0.25, -0.2) is 4.98 Å². The zero-order valence-corrected chi connectivity index (χ0v) is 13.0. The lowest BCUT2D eigenvalue weighted by molar-refractivity contribution is 0.432. The first kappa shape index (κ1) is 14.0. The fourth-order valence-corrected chi connectivity index (χ4v) is 3.97. The molecular formula is C15H14N4O3S. The normalized spacial score (nSPS) is 13.9. The maximum Gasteiger partial charge on any atom is 0.279 e. The van der Waals surface area contributed by atoms with Gasteiger partial charge in [0.15, 0.2) is 10.8 Å². The summed E-state index contributed by atoms with van der Waals surface area (Å²) >= 11 is 0. The van der Waals surface area contributed by atoms with Gasteiger partial charge in [-0.15, -0.1) is 0 Å². The number of nitrogens with zero attached hydrogens (tertiary/aromatic N) is 3. The Balaban J connectivity index is 1.70. The molecule has 1 N–H and O–H groups in total. The topological polar surface area (TPSA) is 90.0 Å². The Bertz CT molecular complexity index is 944. The van der Waals surface area contributed by atoms with Crippen LogP contribution in [0, 0.1) is 0 Å². The second-order valence-corrected chi connectivity index (χ2v) is 6.94. The van der Waals surface area contributed by atoms with Crippen molar-refractivity contribution in [3.63, 3.8) is 0 Å². The quantitative estimate of drug-likeness (QED) is 0.792. The van der Waals surface area contributed by atoms with Gasteiger partial charge in [0, 0.05) is 18.5 Å². The van der Waals surface area contributed by atoms with Crippen molar-refractivity contribution in [2.24, 2.45) is 0 Å². The number of hydrogen-bond acceptors (Lipinski definition) is 5. The smallest absolute Gasteiger partial charge is 0.279 e. The number of sulfonamides is 1. The zero-order chi connectivity index (χ0) is 15.9. The van der Waals surface area contributed by atoms with E-state index >= 15 is 0 Å². The largest absolute Gasteiger partial charge is 0.354 e. The van der Waals surface area contributed by atoms with E-state index in [1.807, 2.05) is 30.3 Å². The molecule has 1 aromatic carbocycles. The molecule has 0 amide bonds. The van der Waals surface area contributed by atoms with Crippen molar-refractivity contribution in [1.82, 2.24) is 14.7 Å². The summed E-state index contributed by atoms with van der Waals surface area (Å²) in [5.41, 5.74) is 1.06. The number of hydrogen-bond donors (Lipinski definition) is 1. The second kappa shape index (κ2) is 5.24. The van der Waals surface area contributed by atoms with Crippen LogP contribution in [0.15, 0.2) is 52.3 Å². The molecule has 8 heteroatoms. The Morgan fingerprint density at radius 2 is 2.00 bits per heavy atom. The Labute approximate surface area is 133 Å². The number of rotatable bonds is 4. The van der Waals surface area contributed by atoms with Crippen LogP contribution >= 0.6 is 0 Å². The number of anilines is 1. The Hall–Kier alpha value is -2.61. The summed E-state index contributed by atoms with van der Waals surface area (Å²) in [5, 5.41) is 3.88. The third kappa shape index (κ3) is 2.40. The molecule has 4 rings (SSSR count). The molecule has 0 spiro atoms. The van der Waals surface area contributed by atoms with Gasteiger partial charge in [-0.2, -0.15) is 8.42 Å². The van der Waals surface area contributed by atoms with Crippen molar-refractivity contribution in [3.05, 3.63) is 48.5 Å². The number of aryl methyl sites for hydroxylation is 1. The molecule has 0 aliphatic carbocycles. The maximum atomic E-state index is 12.7. The Morgan fingerprint density at radius 3 is 2.83 bits per heavy atom. The van der Waals surface area contributed by atoms with Crippen LogP contribution in [0.4, 0.5) is 5.69 Å². The highest BCUT2D eigenvalue weighted by Crippen LogP contribution is 2.30. The summed E-state index contributed by atoms with van der Waals surface area (Å²) in [6, 6.07) is 9.23. The van der Waals surface area contributed by atoms with E-state index in [0.29, 0.717) is 18.0 Å². The van der Waals surface area contributed by atoms with Crippen LogP contribution in [-0.2, 0) is 23.0 Å². The first-order chi connectivity index (χ1) is 11.1. The molecule has 0 unspecified atom stereocenters. The van der Waals surface area contributed by atoms with Gasteiger partial charge in [0.1, 0.15) is 11.5 Å². The van der Waals surface area contributed by atoms with Crippen LogP contribution in [0.2, 0.25) is 0 Å². The average Bonchev–Trinajstić information content (AvgIpc) is 3.23. The summed E-state index contributed by atoms with van der Waals surface area (Å²) in [5.74, 6) is 1.19. The third-order valence-electron chi connectivity index (χ3n) is 3.81. The van der Waals surface area contributed by atoms with E-state index in [9.17, 15) is 8.42 Å². The van der Waals surface area contributed by atoms with E-state index < -0.39 is 10.0 Å². The lowest BCUT2D eigenvalue weighted by atomic mass is 10.1. The highest BCUT2D eigenvalue weighted by Gasteiger charge is 2.26. The van der Waals surface area contributed by atoms with Crippen LogP contribution in [0.3, 0.4) is 0 Å². The molecule has 0 bridgehead atoms. The SMILES string of the molecule is O=S(=O)(Nc1cnoc1-c1ccccc1)c1cnc2n1CCC2. The number of aromatic nitrogens is 3. The van der Waals surface area contributed by atoms with Crippen molar-refractivity contribution >= 4 is 15.7 Å². The van der Waals surface area contributed by atoms with E-state index in [2.05, 4.69) is 14.9 Å². The van der Waals surface area contributed by atoms with E-state index in [4.69, 9.17) is 4.52 Å². The average molecular weight is 330 g/mol. The van der Waals surface area contributed by atoms with Crippen molar-refractivity contribution in [2.45, 2.75) is 24.4 Å². The summed E-state index contributed by atoms with van der Waals surface area (Å²) in [6.45, 7) is 0.667. The van der Waals surface area contributed by atoms with Crippen molar-refractivity contribution in [2.75, 3.05) is 4.72 Å². The lowest BCUT2D eigenvalue weighted by Gasteiger charge is -2.08.